The summed E-state index contributed by atoms with van der Waals surface area (Å²) in [4.78, 5) is 30.4. The first-order valence-corrected chi connectivity index (χ1v) is 12.4. The van der Waals surface area contributed by atoms with Gasteiger partial charge in [0.25, 0.3) is 5.91 Å². The summed E-state index contributed by atoms with van der Waals surface area (Å²) in [7, 11) is 0. The molecule has 1 aromatic heterocycles. The monoisotopic (exact) mass is 456 g/mol. The van der Waals surface area contributed by atoms with Gasteiger partial charge in [0.2, 0.25) is 5.91 Å². The van der Waals surface area contributed by atoms with E-state index in [2.05, 4.69) is 5.10 Å². The van der Waals surface area contributed by atoms with E-state index in [-0.39, 0.29) is 17.7 Å². The summed E-state index contributed by atoms with van der Waals surface area (Å²) < 4.78 is 1.69. The van der Waals surface area contributed by atoms with Gasteiger partial charge in [0.05, 0.1) is 5.02 Å². The fourth-order valence-electron chi connectivity index (χ4n) is 4.40. The van der Waals surface area contributed by atoms with Crippen molar-refractivity contribution in [3.8, 4) is 0 Å². The molecule has 2 amide bonds. The highest BCUT2D eigenvalue weighted by Crippen LogP contribution is 2.34. The third-order valence-corrected chi connectivity index (χ3v) is 6.70. The number of aromatic nitrogens is 2. The van der Waals surface area contributed by atoms with Crippen LogP contribution in [0.5, 0.6) is 0 Å². The Kier molecular flexibility index (Phi) is 7.51. The quantitative estimate of drug-likeness (QED) is 0.630. The molecule has 172 valence electrons. The molecule has 0 atom stereocenters. The first-order valence-electron chi connectivity index (χ1n) is 12.0. The predicted octanol–water partition coefficient (Wildman–Crippen LogP) is 5.30. The third kappa shape index (κ3) is 5.34. The number of carbonyl (C=O) groups excluding carboxylic acids is 2. The molecular weight excluding hydrogens is 424 g/mol. The van der Waals surface area contributed by atoms with Crippen molar-refractivity contribution >= 4 is 29.1 Å². The number of amides is 2. The largest absolute Gasteiger partial charge is 0.333 e. The molecule has 0 bridgehead atoms. The SMILES string of the molecule is CCn1cc(Cl)c(C(=O)N2CCCCCCCCN(C(=O)C3CC3)c3ccccc3C2)n1. The van der Waals surface area contributed by atoms with Crippen LogP contribution in [0.2, 0.25) is 5.02 Å². The van der Waals surface area contributed by atoms with E-state index in [0.717, 1.165) is 69.2 Å². The zero-order valence-electron chi connectivity index (χ0n) is 18.9. The van der Waals surface area contributed by atoms with Gasteiger partial charge in [-0.1, -0.05) is 55.5 Å². The number of nitrogens with zero attached hydrogens (tertiary/aromatic N) is 4. The molecule has 32 heavy (non-hydrogen) atoms. The Bertz CT molecular complexity index is 953. The predicted molar refractivity (Wildman–Crippen MR) is 127 cm³/mol. The molecular formula is C25H33ClN4O2. The highest BCUT2D eigenvalue weighted by Gasteiger charge is 2.35. The standard InChI is InChI=1S/C25H33ClN4O2/c1-2-29-18-21(26)23(27-29)25(32)28-15-9-5-3-4-6-10-16-30(24(31)19-13-14-19)22-12-8-7-11-20(22)17-28/h7-8,11-12,18-19H,2-6,9-10,13-17H2,1H3. The van der Waals surface area contributed by atoms with Gasteiger partial charge in [-0.25, -0.2) is 0 Å². The van der Waals surface area contributed by atoms with Crippen molar-refractivity contribution in [1.82, 2.24) is 14.7 Å². The Morgan fingerprint density at radius 2 is 1.72 bits per heavy atom. The number of para-hydroxylation sites is 1. The molecule has 0 unspecified atom stereocenters. The van der Waals surface area contributed by atoms with E-state index in [1.54, 1.807) is 10.9 Å². The van der Waals surface area contributed by atoms with Crippen LogP contribution in [-0.4, -0.2) is 39.6 Å². The van der Waals surface area contributed by atoms with Crippen molar-refractivity contribution in [3.63, 3.8) is 0 Å². The fraction of sp³-hybridized carbons (Fsp3) is 0.560. The van der Waals surface area contributed by atoms with E-state index in [9.17, 15) is 9.59 Å². The van der Waals surface area contributed by atoms with Gasteiger partial charge >= 0.3 is 0 Å². The van der Waals surface area contributed by atoms with Crippen LogP contribution in [0.3, 0.4) is 0 Å². The first-order chi connectivity index (χ1) is 15.6. The lowest BCUT2D eigenvalue weighted by Gasteiger charge is -2.28. The molecule has 2 aromatic rings. The van der Waals surface area contributed by atoms with Crippen molar-refractivity contribution in [2.75, 3.05) is 18.0 Å². The van der Waals surface area contributed by atoms with Crippen molar-refractivity contribution < 1.29 is 9.59 Å². The highest BCUT2D eigenvalue weighted by molar-refractivity contribution is 6.33. The second-order valence-corrected chi connectivity index (χ2v) is 9.33. The van der Waals surface area contributed by atoms with Crippen LogP contribution in [0.4, 0.5) is 5.69 Å². The third-order valence-electron chi connectivity index (χ3n) is 6.43. The lowest BCUT2D eigenvalue weighted by Crippen LogP contribution is -2.36. The smallest absolute Gasteiger partial charge is 0.276 e. The zero-order valence-corrected chi connectivity index (χ0v) is 19.7. The van der Waals surface area contributed by atoms with Gasteiger partial charge in [0, 0.05) is 44.0 Å². The summed E-state index contributed by atoms with van der Waals surface area (Å²) in [5, 5.41) is 4.80. The number of rotatable bonds is 3. The van der Waals surface area contributed by atoms with E-state index < -0.39 is 0 Å². The Balaban J connectivity index is 1.65. The van der Waals surface area contributed by atoms with Crippen molar-refractivity contribution in [3.05, 3.63) is 46.7 Å². The van der Waals surface area contributed by atoms with Crippen LogP contribution in [0, 0.1) is 5.92 Å². The summed E-state index contributed by atoms with van der Waals surface area (Å²) in [6, 6.07) is 8.03. The summed E-state index contributed by atoms with van der Waals surface area (Å²) in [6.45, 7) is 4.47. The maximum absolute atomic E-state index is 13.5. The van der Waals surface area contributed by atoms with Crippen molar-refractivity contribution in [1.29, 1.82) is 0 Å². The molecule has 2 heterocycles. The molecule has 0 spiro atoms. The molecule has 1 aliphatic heterocycles. The maximum atomic E-state index is 13.5. The molecule has 7 heteroatoms. The van der Waals surface area contributed by atoms with Crippen LogP contribution in [0.15, 0.2) is 30.5 Å². The first kappa shape index (κ1) is 22.8. The van der Waals surface area contributed by atoms with E-state index in [4.69, 9.17) is 11.6 Å². The second kappa shape index (κ2) is 10.5. The van der Waals surface area contributed by atoms with Gasteiger partial charge in [0.15, 0.2) is 5.69 Å². The van der Waals surface area contributed by atoms with Gasteiger partial charge in [-0.15, -0.1) is 0 Å². The summed E-state index contributed by atoms with van der Waals surface area (Å²) in [5.74, 6) is 0.246. The number of carbonyl (C=O) groups is 2. The lowest BCUT2D eigenvalue weighted by molar-refractivity contribution is -0.119. The lowest BCUT2D eigenvalue weighted by atomic mass is 10.1. The summed E-state index contributed by atoms with van der Waals surface area (Å²) >= 11 is 6.36. The number of hydrogen-bond donors (Lipinski definition) is 0. The van der Waals surface area contributed by atoms with Crippen molar-refractivity contribution in [2.24, 2.45) is 5.92 Å². The molecule has 1 aliphatic carbocycles. The van der Waals surface area contributed by atoms with E-state index in [1.165, 1.54) is 0 Å². The molecule has 1 aromatic carbocycles. The average molecular weight is 457 g/mol. The minimum absolute atomic E-state index is 0.146. The van der Waals surface area contributed by atoms with E-state index in [0.29, 0.717) is 30.4 Å². The molecule has 4 rings (SSSR count). The Labute approximate surface area is 195 Å². The van der Waals surface area contributed by atoms with Crippen LogP contribution >= 0.6 is 11.6 Å². The molecule has 0 radical (unpaired) electrons. The summed E-state index contributed by atoms with van der Waals surface area (Å²) in [5.41, 5.74) is 2.24. The van der Waals surface area contributed by atoms with Crippen LogP contribution < -0.4 is 4.90 Å². The van der Waals surface area contributed by atoms with E-state index in [1.807, 2.05) is 41.0 Å². The summed E-state index contributed by atoms with van der Waals surface area (Å²) in [6.07, 6.45) is 10.2. The normalized spacial score (nSPS) is 18.3. The topological polar surface area (TPSA) is 58.4 Å². The van der Waals surface area contributed by atoms with E-state index >= 15 is 0 Å². The molecule has 0 N–H and O–H groups in total. The molecule has 0 saturated heterocycles. The molecule has 1 fully saturated rings. The molecule has 2 aliphatic rings. The zero-order chi connectivity index (χ0) is 22.5. The van der Waals surface area contributed by atoms with Gasteiger partial charge in [-0.2, -0.15) is 5.10 Å². The van der Waals surface area contributed by atoms with Crippen LogP contribution in [0.25, 0.3) is 0 Å². The number of halogens is 1. The van der Waals surface area contributed by atoms with Crippen LogP contribution in [-0.2, 0) is 17.9 Å². The molecule has 1 saturated carbocycles. The fourth-order valence-corrected chi connectivity index (χ4v) is 4.63. The van der Waals surface area contributed by atoms with Gasteiger partial charge in [-0.3, -0.25) is 14.3 Å². The number of hydrogen-bond acceptors (Lipinski definition) is 3. The Hall–Kier alpha value is -2.34. The number of aryl methyl sites for hydroxylation is 1. The Morgan fingerprint density at radius 3 is 2.41 bits per heavy atom. The van der Waals surface area contributed by atoms with Gasteiger partial charge < -0.3 is 9.80 Å². The highest BCUT2D eigenvalue weighted by atomic mass is 35.5. The minimum atomic E-state index is -0.146. The number of benzene rings is 1. The minimum Gasteiger partial charge on any atom is -0.333 e. The maximum Gasteiger partial charge on any atom is 0.276 e. The van der Waals surface area contributed by atoms with Crippen LogP contribution in [0.1, 0.15) is 74.3 Å². The Morgan fingerprint density at radius 1 is 1.03 bits per heavy atom. The van der Waals surface area contributed by atoms with Crippen molar-refractivity contribution in [2.45, 2.75) is 71.4 Å². The molecule has 6 nitrogen and oxygen atoms in total. The average Bonchev–Trinajstić information content (AvgIpc) is 3.58. The number of fused-ring (bicyclic) bond motifs is 1. The van der Waals surface area contributed by atoms with Gasteiger partial charge in [0.1, 0.15) is 0 Å². The van der Waals surface area contributed by atoms with Gasteiger partial charge in [-0.05, 0) is 44.2 Å². The number of anilines is 1. The second-order valence-electron chi connectivity index (χ2n) is 8.92.